The molecule has 10 aromatic rings. The molecule has 7 aromatic carbocycles. The van der Waals surface area contributed by atoms with Crippen LogP contribution in [0.25, 0.3) is 93.0 Å². The molecule has 242 valence electrons. The highest BCUT2D eigenvalue weighted by atomic mass is 32.1. The third kappa shape index (κ3) is 4.87. The Balaban J connectivity index is 1.35. The Kier molecular flexibility index (Phi) is 5.85. The van der Waals surface area contributed by atoms with Crippen LogP contribution in [-0.2, 0) is 0 Å². The lowest BCUT2D eigenvalue weighted by atomic mass is 10.0. The maximum Gasteiger partial charge on any atom is 0.165 e. The van der Waals surface area contributed by atoms with E-state index in [1.54, 1.807) is 0 Å². The van der Waals surface area contributed by atoms with Crippen LogP contribution in [0.3, 0.4) is 0 Å². The summed E-state index contributed by atoms with van der Waals surface area (Å²) in [5.74, 6) is 1.47. The predicted molar refractivity (Wildman–Crippen MR) is 214 cm³/mol. The van der Waals surface area contributed by atoms with Crippen LogP contribution in [0.15, 0.2) is 164 Å². The summed E-state index contributed by atoms with van der Waals surface area (Å²) >= 11 is 1.47. The predicted octanol–water partition coefficient (Wildman–Crippen LogP) is 11.9. The van der Waals surface area contributed by atoms with Gasteiger partial charge in [-0.2, -0.15) is 5.26 Å². The van der Waals surface area contributed by atoms with Crippen molar-refractivity contribution in [3.63, 3.8) is 0 Å². The second-order valence-electron chi connectivity index (χ2n) is 12.4. The van der Waals surface area contributed by atoms with Gasteiger partial charge < -0.3 is 4.57 Å². The summed E-state index contributed by atoms with van der Waals surface area (Å²) in [7, 11) is 0. The van der Waals surface area contributed by atoms with Gasteiger partial charge in [0.15, 0.2) is 17.5 Å². The number of nitrogens with zero attached hydrogens (tertiary/aromatic N) is 5. The fourth-order valence-electron chi connectivity index (χ4n) is 7.01. The van der Waals surface area contributed by atoms with E-state index in [0.717, 1.165) is 64.4 Å². The van der Waals surface area contributed by atoms with Crippen molar-refractivity contribution in [2.24, 2.45) is 0 Å². The van der Waals surface area contributed by atoms with Crippen molar-refractivity contribution in [3.05, 3.63) is 169 Å². The topological polar surface area (TPSA) is 67.4 Å². The zero-order valence-electron chi connectivity index (χ0n) is 32.3. The van der Waals surface area contributed by atoms with Crippen molar-refractivity contribution < 1.29 is 6.85 Å². The molecule has 3 heterocycles. The molecule has 10 rings (SSSR count). The first kappa shape index (κ1) is 25.1. The third-order valence-corrected chi connectivity index (χ3v) is 10.6. The van der Waals surface area contributed by atoms with Gasteiger partial charge in [0, 0.05) is 53.3 Å². The van der Waals surface area contributed by atoms with Gasteiger partial charge in [-0.25, -0.2) is 15.0 Å². The van der Waals surface area contributed by atoms with Gasteiger partial charge in [0.05, 0.1) is 29.5 Å². The molecule has 0 atom stereocenters. The number of hydrogen-bond donors (Lipinski definition) is 0. The number of rotatable bonds is 5. The van der Waals surface area contributed by atoms with Crippen LogP contribution in [0.2, 0.25) is 0 Å². The molecule has 0 aliphatic carbocycles. The van der Waals surface area contributed by atoms with E-state index in [2.05, 4.69) is 34.9 Å². The average Bonchev–Trinajstić information content (AvgIpc) is 3.81. The Morgan fingerprint density at radius 1 is 0.519 bits per heavy atom. The number of nitriles is 1. The zero-order valence-corrected chi connectivity index (χ0v) is 28.2. The highest BCUT2D eigenvalue weighted by molar-refractivity contribution is 7.26. The highest BCUT2D eigenvalue weighted by Gasteiger charge is 2.21. The molecule has 0 saturated carbocycles. The van der Waals surface area contributed by atoms with E-state index < -0.39 is 6.04 Å². The molecule has 0 bridgehead atoms. The Bertz CT molecular complexity index is 3230. The minimum Gasteiger partial charge on any atom is -0.309 e. The van der Waals surface area contributed by atoms with Crippen LogP contribution in [0.4, 0.5) is 0 Å². The lowest BCUT2D eigenvalue weighted by Crippen LogP contribution is -2.01. The smallest absolute Gasteiger partial charge is 0.165 e. The van der Waals surface area contributed by atoms with Gasteiger partial charge in [-0.05, 0) is 41.5 Å². The van der Waals surface area contributed by atoms with Crippen molar-refractivity contribution in [3.8, 4) is 57.0 Å². The van der Waals surface area contributed by atoms with Crippen LogP contribution in [0.5, 0.6) is 0 Å². The molecule has 0 aliphatic heterocycles. The van der Waals surface area contributed by atoms with E-state index in [4.69, 9.17) is 21.8 Å². The molecule has 0 unspecified atom stereocenters. The SMILES string of the molecule is [2H]c1c([2H])c([2H])c(-c2cccc3c2sc2c(-c4nc(-c5ccccc5)nc(-c5ccccc5)n4)cc(-n4c5ccccc5c5ccc(C#N)cc54)cc23)c([2H])c1[2H]. The lowest BCUT2D eigenvalue weighted by molar-refractivity contribution is 1.07. The molecular formula is C46H27N5S. The quantitative estimate of drug-likeness (QED) is 0.181. The van der Waals surface area contributed by atoms with E-state index in [-0.39, 0.29) is 29.7 Å². The molecule has 0 aliphatic rings. The number of benzene rings is 7. The van der Waals surface area contributed by atoms with E-state index in [1.807, 2.05) is 109 Å². The van der Waals surface area contributed by atoms with Crippen LogP contribution in [0, 0.1) is 11.3 Å². The minimum atomic E-state index is -0.437. The number of hydrogen-bond acceptors (Lipinski definition) is 5. The van der Waals surface area contributed by atoms with Crippen LogP contribution >= 0.6 is 11.3 Å². The van der Waals surface area contributed by atoms with Crippen molar-refractivity contribution in [1.29, 1.82) is 5.26 Å². The summed E-state index contributed by atoms with van der Waals surface area (Å²) in [6.45, 7) is 0. The summed E-state index contributed by atoms with van der Waals surface area (Å²) in [6, 6.07) is 43.9. The van der Waals surface area contributed by atoms with Gasteiger partial charge in [-0.1, -0.05) is 133 Å². The van der Waals surface area contributed by atoms with E-state index in [0.29, 0.717) is 28.6 Å². The maximum atomic E-state index is 9.97. The van der Waals surface area contributed by atoms with Crippen molar-refractivity contribution in [2.75, 3.05) is 0 Å². The van der Waals surface area contributed by atoms with Gasteiger partial charge >= 0.3 is 0 Å². The summed E-state index contributed by atoms with van der Waals surface area (Å²) < 4.78 is 46.6. The third-order valence-electron chi connectivity index (χ3n) is 9.35. The summed E-state index contributed by atoms with van der Waals surface area (Å²) in [5, 5.41) is 13.7. The van der Waals surface area contributed by atoms with Crippen LogP contribution in [-0.4, -0.2) is 19.5 Å². The van der Waals surface area contributed by atoms with Gasteiger partial charge in [0.1, 0.15) is 0 Å². The van der Waals surface area contributed by atoms with E-state index in [9.17, 15) is 5.26 Å². The molecule has 0 radical (unpaired) electrons. The second kappa shape index (κ2) is 12.1. The first-order valence-electron chi connectivity index (χ1n) is 19.2. The van der Waals surface area contributed by atoms with Crippen LogP contribution < -0.4 is 0 Å². The maximum absolute atomic E-state index is 9.97. The summed E-state index contributed by atoms with van der Waals surface area (Å²) in [5.41, 5.74) is 6.25. The Hall–Kier alpha value is -6.94. The molecule has 6 heteroatoms. The Labute approximate surface area is 310 Å². The average molecular weight is 687 g/mol. The van der Waals surface area contributed by atoms with Gasteiger partial charge in [-0.15, -0.1) is 11.3 Å². The standard InChI is InChI=1S/C46H27N5S/c47-28-29-23-24-36-35-19-10-11-22-40(35)51(41(36)25-29)33-26-38-37-21-12-20-34(30-13-4-1-5-14-30)42(37)52-43(38)39(27-33)46-49-44(31-15-6-2-7-16-31)48-45(50-46)32-17-8-3-9-18-32/h1-27H/i1D,4D,5D,13D,14D. The fraction of sp³-hybridized carbons (Fsp3) is 0. The summed E-state index contributed by atoms with van der Waals surface area (Å²) in [4.78, 5) is 15.2. The molecule has 0 amide bonds. The first-order valence-corrected chi connectivity index (χ1v) is 17.5. The van der Waals surface area contributed by atoms with Crippen molar-refractivity contribution in [1.82, 2.24) is 19.5 Å². The molecule has 52 heavy (non-hydrogen) atoms. The number of thiophene rings is 1. The first-order chi connectivity index (χ1) is 27.8. The fourth-order valence-corrected chi connectivity index (χ4v) is 8.32. The monoisotopic (exact) mass is 686 g/mol. The molecule has 0 spiro atoms. The zero-order chi connectivity index (χ0) is 38.9. The molecular weight excluding hydrogens is 655 g/mol. The van der Waals surface area contributed by atoms with E-state index >= 15 is 0 Å². The molecule has 3 aromatic heterocycles. The Morgan fingerprint density at radius 2 is 1.15 bits per heavy atom. The number of aromatic nitrogens is 4. The Morgan fingerprint density at radius 3 is 1.88 bits per heavy atom. The largest absolute Gasteiger partial charge is 0.309 e. The second-order valence-corrected chi connectivity index (χ2v) is 13.4. The molecule has 0 N–H and O–H groups in total. The van der Waals surface area contributed by atoms with Crippen molar-refractivity contribution in [2.45, 2.75) is 0 Å². The lowest BCUT2D eigenvalue weighted by Gasteiger charge is -2.13. The number of fused-ring (bicyclic) bond motifs is 6. The molecule has 0 fully saturated rings. The van der Waals surface area contributed by atoms with Crippen molar-refractivity contribution >= 4 is 53.3 Å². The highest BCUT2D eigenvalue weighted by Crippen LogP contribution is 2.45. The van der Waals surface area contributed by atoms with Gasteiger partial charge in [0.2, 0.25) is 0 Å². The van der Waals surface area contributed by atoms with Gasteiger partial charge in [-0.3, -0.25) is 0 Å². The van der Waals surface area contributed by atoms with Crippen LogP contribution in [0.1, 0.15) is 12.4 Å². The number of para-hydroxylation sites is 1. The summed E-state index contributed by atoms with van der Waals surface area (Å²) in [6.07, 6.45) is 0. The van der Waals surface area contributed by atoms with E-state index in [1.165, 1.54) is 11.3 Å². The minimum absolute atomic E-state index is 0.143. The van der Waals surface area contributed by atoms with Gasteiger partial charge in [0.25, 0.3) is 0 Å². The molecule has 5 nitrogen and oxygen atoms in total. The normalized spacial score (nSPS) is 12.8. The molecule has 0 saturated heterocycles.